The molecule has 2 aliphatic carbocycles. The van der Waals surface area contributed by atoms with Gasteiger partial charge in [0.05, 0.1) is 11.0 Å². The van der Waals surface area contributed by atoms with E-state index in [4.69, 9.17) is 0 Å². The van der Waals surface area contributed by atoms with Gasteiger partial charge in [-0.25, -0.2) is 0 Å². The maximum Gasteiger partial charge on any atom is 0.141 e. The summed E-state index contributed by atoms with van der Waals surface area (Å²) in [6.07, 6.45) is 3.03. The minimum Gasteiger partial charge on any atom is -0.388 e. The van der Waals surface area contributed by atoms with Crippen molar-refractivity contribution in [2.75, 3.05) is 0 Å². The molecule has 2 fully saturated rings. The van der Waals surface area contributed by atoms with Crippen LogP contribution in [-0.2, 0) is 9.59 Å². The first kappa shape index (κ1) is 9.84. The largest absolute Gasteiger partial charge is 0.388 e. The molecule has 2 saturated carbocycles. The van der Waals surface area contributed by atoms with E-state index in [1.54, 1.807) is 0 Å². The van der Waals surface area contributed by atoms with E-state index in [1.165, 1.54) is 0 Å². The molecule has 0 aromatic heterocycles. The van der Waals surface area contributed by atoms with E-state index in [9.17, 15) is 14.7 Å². The zero-order chi connectivity index (χ0) is 10.4. The second-order valence-electron chi connectivity index (χ2n) is 4.86. The van der Waals surface area contributed by atoms with Crippen LogP contribution in [0.2, 0.25) is 0 Å². The fourth-order valence-corrected chi connectivity index (χ4v) is 2.81. The van der Waals surface area contributed by atoms with Gasteiger partial charge in [-0.15, -0.1) is 0 Å². The Morgan fingerprint density at radius 2 is 2.07 bits per heavy atom. The molecule has 2 aliphatic rings. The predicted molar refractivity (Wildman–Crippen MR) is 50.8 cm³/mol. The fraction of sp³-hybridized carbons (Fsp3) is 0.818. The molecule has 2 rings (SSSR count). The number of hydrogen-bond donors (Lipinski definition) is 1. The second-order valence-corrected chi connectivity index (χ2v) is 4.86. The third kappa shape index (κ3) is 1.15. The highest BCUT2D eigenvalue weighted by molar-refractivity contribution is 5.91. The summed E-state index contributed by atoms with van der Waals surface area (Å²) in [4.78, 5) is 23.1. The van der Waals surface area contributed by atoms with Crippen molar-refractivity contribution in [3.05, 3.63) is 0 Å². The average molecular weight is 198 g/mol. The van der Waals surface area contributed by atoms with Crippen molar-refractivity contribution in [1.82, 2.24) is 0 Å². The zero-order valence-corrected chi connectivity index (χ0v) is 8.51. The van der Waals surface area contributed by atoms with Gasteiger partial charge in [-0.1, -0.05) is 0 Å². The molecule has 0 unspecified atom stereocenters. The Kier molecular flexibility index (Phi) is 2.03. The molecule has 0 aromatic carbocycles. The first-order valence-electron chi connectivity index (χ1n) is 5.25. The fourth-order valence-electron chi connectivity index (χ4n) is 2.81. The van der Waals surface area contributed by atoms with Gasteiger partial charge in [0, 0.05) is 19.3 Å². The van der Waals surface area contributed by atoms with Crippen molar-refractivity contribution >= 4 is 11.6 Å². The highest BCUT2D eigenvalue weighted by Crippen LogP contribution is 2.49. The monoisotopic (exact) mass is 198 g/mol. The summed E-state index contributed by atoms with van der Waals surface area (Å²) >= 11 is 0. The van der Waals surface area contributed by atoms with E-state index in [0.717, 1.165) is 6.42 Å². The maximum atomic E-state index is 11.8. The molecule has 0 saturated heterocycles. The summed E-state index contributed by atoms with van der Waals surface area (Å²) < 4.78 is 0. The van der Waals surface area contributed by atoms with E-state index in [-0.39, 0.29) is 18.0 Å². The molecule has 0 aromatic rings. The van der Waals surface area contributed by atoms with Gasteiger partial charge in [0.25, 0.3) is 0 Å². The van der Waals surface area contributed by atoms with Gasteiger partial charge in [0.2, 0.25) is 0 Å². The van der Waals surface area contributed by atoms with Crippen LogP contribution in [0.3, 0.4) is 0 Å². The maximum absolute atomic E-state index is 11.8. The van der Waals surface area contributed by atoms with Crippen LogP contribution >= 0.6 is 0 Å². The molecule has 3 nitrogen and oxygen atoms in total. The van der Waals surface area contributed by atoms with Crippen molar-refractivity contribution in [3.8, 4) is 0 Å². The number of carbonyl (C=O) groups is 2. The van der Waals surface area contributed by atoms with Gasteiger partial charge in [-0.05, 0) is 26.2 Å². The van der Waals surface area contributed by atoms with Gasteiger partial charge < -0.3 is 5.11 Å². The third-order valence-electron chi connectivity index (χ3n) is 4.03. The van der Waals surface area contributed by atoms with Crippen molar-refractivity contribution in [3.63, 3.8) is 0 Å². The van der Waals surface area contributed by atoms with E-state index in [0.29, 0.717) is 25.7 Å². The average Bonchev–Trinajstić information content (AvgIpc) is 2.10. The number of aliphatic hydroxyl groups is 1. The summed E-state index contributed by atoms with van der Waals surface area (Å²) in [5.41, 5.74) is -1.70. The number of hydrogen-bond acceptors (Lipinski definition) is 3. The van der Waals surface area contributed by atoms with Crippen LogP contribution in [0.5, 0.6) is 0 Å². The van der Waals surface area contributed by atoms with Gasteiger partial charge in [-0.2, -0.15) is 0 Å². The third-order valence-corrected chi connectivity index (χ3v) is 4.03. The molecule has 2 atom stereocenters. The topological polar surface area (TPSA) is 54.4 Å². The summed E-state index contributed by atoms with van der Waals surface area (Å²) in [6, 6.07) is 0. The number of ketones is 2. The molecule has 0 heterocycles. The molecule has 3 heteroatoms. The van der Waals surface area contributed by atoms with E-state index < -0.39 is 11.0 Å². The normalized spacial score (nSPS) is 43.6. The van der Waals surface area contributed by atoms with Crippen molar-refractivity contribution in [2.24, 2.45) is 5.41 Å². The lowest BCUT2D eigenvalue weighted by Gasteiger charge is -2.49. The Balaban J connectivity index is 2.36. The van der Waals surface area contributed by atoms with E-state index >= 15 is 0 Å². The standard InChI is InChI=1S/C11H16O3/c1-10-6-4-8(12)7-11(10,14)5-2-3-9(10)13/h14H,2-7H2,1H3/t10-,11+/m1/s1/i12+2. The lowest BCUT2D eigenvalue weighted by Crippen LogP contribution is -2.57. The zero-order valence-electron chi connectivity index (χ0n) is 8.51. The molecule has 78 valence electrons. The number of rotatable bonds is 0. The molecule has 0 amide bonds. The van der Waals surface area contributed by atoms with Gasteiger partial charge in [0.15, 0.2) is 0 Å². The van der Waals surface area contributed by atoms with Gasteiger partial charge in [0.1, 0.15) is 11.6 Å². The summed E-state index contributed by atoms with van der Waals surface area (Å²) in [7, 11) is 0. The second kappa shape index (κ2) is 2.89. The Bertz CT molecular complexity index is 297. The lowest BCUT2D eigenvalue weighted by atomic mass is 9.57. The summed E-state index contributed by atoms with van der Waals surface area (Å²) in [6.45, 7) is 1.82. The smallest absolute Gasteiger partial charge is 0.141 e. The minimum atomic E-state index is -1.04. The predicted octanol–water partition coefficient (Wildman–Crippen LogP) is 1.23. The molecular weight excluding hydrogens is 182 g/mol. The molecule has 0 bridgehead atoms. The quantitative estimate of drug-likeness (QED) is 0.595. The highest BCUT2D eigenvalue weighted by atomic mass is 18.1. The van der Waals surface area contributed by atoms with Crippen LogP contribution < -0.4 is 0 Å². The number of fused-ring (bicyclic) bond motifs is 1. The molecule has 0 radical (unpaired) electrons. The molecule has 0 spiro atoms. The molecule has 0 aliphatic heterocycles. The van der Waals surface area contributed by atoms with Crippen LogP contribution in [0.4, 0.5) is 0 Å². The highest BCUT2D eigenvalue weighted by Gasteiger charge is 2.56. The Morgan fingerprint density at radius 3 is 2.79 bits per heavy atom. The Labute approximate surface area is 83.5 Å². The SMILES string of the molecule is C[C@]12CCC(=[18O])C[C@@]1(O)CCCC2=O. The van der Waals surface area contributed by atoms with Crippen LogP contribution in [-0.4, -0.2) is 22.3 Å². The van der Waals surface area contributed by atoms with Crippen LogP contribution in [0.25, 0.3) is 0 Å². The minimum absolute atomic E-state index is 0.0969. The van der Waals surface area contributed by atoms with Gasteiger partial charge >= 0.3 is 0 Å². The van der Waals surface area contributed by atoms with E-state index in [1.807, 2.05) is 6.92 Å². The van der Waals surface area contributed by atoms with E-state index in [2.05, 4.69) is 0 Å². The lowest BCUT2D eigenvalue weighted by molar-refractivity contribution is -0.168. The molecular formula is C11H16O3. The summed E-state index contributed by atoms with van der Waals surface area (Å²) in [5.74, 6) is 0.235. The van der Waals surface area contributed by atoms with Gasteiger partial charge in [-0.3, -0.25) is 9.59 Å². The molecule has 1 N–H and O–H groups in total. The Hall–Kier alpha value is -0.700. The first-order valence-corrected chi connectivity index (χ1v) is 5.25. The van der Waals surface area contributed by atoms with Crippen molar-refractivity contribution in [1.29, 1.82) is 0 Å². The molecule has 14 heavy (non-hydrogen) atoms. The van der Waals surface area contributed by atoms with Crippen LogP contribution in [0.1, 0.15) is 45.4 Å². The first-order chi connectivity index (χ1) is 6.48. The number of Topliss-reactive ketones (excluding diaryl/α,β-unsaturated/α-hetero) is 2. The van der Waals surface area contributed by atoms with Crippen molar-refractivity contribution in [2.45, 2.75) is 51.0 Å². The number of carbonyl (C=O) groups excluding carboxylic acids is 2. The Morgan fingerprint density at radius 1 is 1.36 bits per heavy atom. The van der Waals surface area contributed by atoms with Crippen LogP contribution in [0, 0.1) is 5.41 Å². The summed E-state index contributed by atoms with van der Waals surface area (Å²) in [5, 5.41) is 10.3. The van der Waals surface area contributed by atoms with Crippen molar-refractivity contribution < 1.29 is 14.7 Å². The van der Waals surface area contributed by atoms with Crippen LogP contribution in [0.15, 0.2) is 0 Å².